The predicted octanol–water partition coefficient (Wildman–Crippen LogP) is 2.38. The van der Waals surface area contributed by atoms with Gasteiger partial charge in [-0.15, -0.1) is 0 Å². The fraction of sp³-hybridized carbons (Fsp3) is 0.250. The van der Waals surface area contributed by atoms with Crippen LogP contribution in [0.15, 0.2) is 18.2 Å². The zero-order chi connectivity index (χ0) is 11.3. The minimum atomic E-state index is -1.79. The average molecular weight is 290 g/mol. The van der Waals surface area contributed by atoms with Crippen molar-refractivity contribution in [1.82, 2.24) is 0 Å². The summed E-state index contributed by atoms with van der Waals surface area (Å²) >= 11 is 22.9. The van der Waals surface area contributed by atoms with Gasteiger partial charge in [-0.1, -0.05) is 46.4 Å². The highest BCUT2D eigenvalue weighted by molar-refractivity contribution is 6.68. The molecule has 1 heterocycles. The second kappa shape index (κ2) is 3.47. The van der Waals surface area contributed by atoms with E-state index in [0.717, 1.165) is 0 Å². The lowest BCUT2D eigenvalue weighted by molar-refractivity contribution is -0.587. The van der Waals surface area contributed by atoms with Gasteiger partial charge in [-0.25, -0.2) is 0 Å². The standard InChI is InChI=1S/C8H5Cl4NO2/c9-4-1-2-5-6(3-4)15-8(13,14-5)7(10,11)12/h1-3H,13H2/p+1/t8-/m0/s1. The average Bonchev–Trinajstić information content (AvgIpc) is 2.40. The van der Waals surface area contributed by atoms with Gasteiger partial charge in [0.05, 0.1) is 0 Å². The molecule has 15 heavy (non-hydrogen) atoms. The molecule has 3 N–H and O–H groups in total. The Bertz CT molecular complexity index is 406. The molecule has 1 aliphatic heterocycles. The van der Waals surface area contributed by atoms with Crippen LogP contribution in [0.2, 0.25) is 5.02 Å². The number of rotatable bonds is 0. The van der Waals surface area contributed by atoms with Crippen LogP contribution in [0.5, 0.6) is 11.5 Å². The van der Waals surface area contributed by atoms with Crippen molar-refractivity contribution >= 4 is 46.4 Å². The zero-order valence-corrected chi connectivity index (χ0v) is 10.3. The van der Waals surface area contributed by atoms with Crippen LogP contribution in [0.25, 0.3) is 0 Å². The summed E-state index contributed by atoms with van der Waals surface area (Å²) in [6.45, 7) is 0. The lowest BCUT2D eigenvalue weighted by Crippen LogP contribution is -2.83. The Morgan fingerprint density at radius 2 is 1.73 bits per heavy atom. The molecule has 82 valence electrons. The molecule has 3 nitrogen and oxygen atoms in total. The maximum atomic E-state index is 5.78. The molecule has 0 radical (unpaired) electrons. The molecular weight excluding hydrogens is 284 g/mol. The minimum absolute atomic E-state index is 0.406. The van der Waals surface area contributed by atoms with Gasteiger partial charge >= 0.3 is 9.70 Å². The number of hydrogen-bond acceptors (Lipinski definition) is 2. The van der Waals surface area contributed by atoms with Crippen molar-refractivity contribution in [2.24, 2.45) is 0 Å². The maximum absolute atomic E-state index is 5.78. The van der Waals surface area contributed by atoms with Gasteiger partial charge < -0.3 is 9.47 Å². The second-order valence-electron chi connectivity index (χ2n) is 3.05. The molecule has 1 atom stereocenters. The number of halogens is 4. The summed E-state index contributed by atoms with van der Waals surface area (Å²) in [7, 11) is 0. The van der Waals surface area contributed by atoms with Gasteiger partial charge in [0, 0.05) is 11.1 Å². The highest BCUT2D eigenvalue weighted by Crippen LogP contribution is 2.46. The van der Waals surface area contributed by atoms with E-state index < -0.39 is 9.70 Å². The van der Waals surface area contributed by atoms with Gasteiger partial charge in [0.1, 0.15) is 0 Å². The topological polar surface area (TPSA) is 46.1 Å². The van der Waals surface area contributed by atoms with E-state index in [0.29, 0.717) is 16.5 Å². The monoisotopic (exact) mass is 288 g/mol. The molecule has 0 aromatic heterocycles. The van der Waals surface area contributed by atoms with Gasteiger partial charge in [0.25, 0.3) is 0 Å². The zero-order valence-electron chi connectivity index (χ0n) is 7.27. The van der Waals surface area contributed by atoms with Crippen LogP contribution in [-0.4, -0.2) is 9.70 Å². The third-order valence-corrected chi connectivity index (χ3v) is 2.99. The second-order valence-corrected chi connectivity index (χ2v) is 5.76. The number of benzene rings is 1. The van der Waals surface area contributed by atoms with E-state index in [1.807, 2.05) is 0 Å². The van der Waals surface area contributed by atoms with Crippen molar-refractivity contribution in [1.29, 1.82) is 0 Å². The van der Waals surface area contributed by atoms with Crippen LogP contribution < -0.4 is 15.2 Å². The first-order chi connectivity index (χ1) is 6.82. The molecule has 2 rings (SSSR count). The smallest absolute Gasteiger partial charge is 0.400 e. The Kier molecular flexibility index (Phi) is 2.64. The summed E-state index contributed by atoms with van der Waals surface area (Å²) in [6, 6.07) is 4.84. The number of quaternary nitrogens is 1. The summed E-state index contributed by atoms with van der Waals surface area (Å²) in [5, 5.41) is 0.505. The van der Waals surface area contributed by atoms with E-state index in [4.69, 9.17) is 55.9 Å². The molecule has 0 saturated heterocycles. The quantitative estimate of drug-likeness (QED) is 0.746. The van der Waals surface area contributed by atoms with Crippen LogP contribution in [0.4, 0.5) is 0 Å². The Hall–Kier alpha value is -0.0600. The van der Waals surface area contributed by atoms with Gasteiger partial charge in [0.2, 0.25) is 0 Å². The van der Waals surface area contributed by atoms with Crippen molar-refractivity contribution in [2.75, 3.05) is 0 Å². The van der Waals surface area contributed by atoms with Gasteiger partial charge in [0.15, 0.2) is 11.5 Å². The SMILES string of the molecule is [NH3+][C@@]1(C(Cl)(Cl)Cl)Oc2ccc(Cl)cc2O1. The van der Waals surface area contributed by atoms with E-state index in [1.54, 1.807) is 18.2 Å². The van der Waals surface area contributed by atoms with Crippen molar-refractivity contribution < 1.29 is 15.2 Å². The Labute approximate surface area is 106 Å². The molecular formula is C8H6Cl4NO2+. The molecule has 0 unspecified atom stereocenters. The number of hydrogen-bond donors (Lipinski definition) is 1. The molecule has 0 amide bonds. The summed E-state index contributed by atoms with van der Waals surface area (Å²) < 4.78 is 8.86. The highest BCUT2D eigenvalue weighted by atomic mass is 35.6. The van der Waals surface area contributed by atoms with Crippen LogP contribution in [0.3, 0.4) is 0 Å². The van der Waals surface area contributed by atoms with Gasteiger partial charge in [-0.3, -0.25) is 5.73 Å². The Balaban J connectivity index is 2.37. The van der Waals surface area contributed by atoms with E-state index >= 15 is 0 Å². The summed E-state index contributed by atoms with van der Waals surface area (Å²) in [5.41, 5.74) is 3.60. The van der Waals surface area contributed by atoms with Crippen molar-refractivity contribution in [2.45, 2.75) is 9.70 Å². The Morgan fingerprint density at radius 3 is 2.33 bits per heavy atom. The van der Waals surface area contributed by atoms with Crippen molar-refractivity contribution in [3.05, 3.63) is 23.2 Å². The molecule has 1 aliphatic rings. The number of ether oxygens (including phenoxy) is 2. The number of fused-ring (bicyclic) bond motifs is 1. The molecule has 0 saturated carbocycles. The normalized spacial score (nSPS) is 24.3. The summed E-state index contributed by atoms with van der Waals surface area (Å²) in [5.74, 6) is -0.727. The molecule has 1 aromatic carbocycles. The predicted molar refractivity (Wildman–Crippen MR) is 58.6 cm³/mol. The van der Waals surface area contributed by atoms with E-state index in [-0.39, 0.29) is 0 Å². The number of alkyl halides is 3. The molecule has 1 aromatic rings. The fourth-order valence-electron chi connectivity index (χ4n) is 1.14. The molecule has 0 aliphatic carbocycles. The summed E-state index contributed by atoms with van der Waals surface area (Å²) in [4.78, 5) is 0. The minimum Gasteiger partial charge on any atom is -0.400 e. The largest absolute Gasteiger partial charge is 0.449 e. The molecule has 0 bridgehead atoms. The molecule has 0 fully saturated rings. The van der Waals surface area contributed by atoms with Crippen LogP contribution in [-0.2, 0) is 0 Å². The molecule has 0 spiro atoms. The van der Waals surface area contributed by atoms with Crippen molar-refractivity contribution in [3.8, 4) is 11.5 Å². The third-order valence-electron chi connectivity index (χ3n) is 1.89. The molecule has 7 heteroatoms. The third kappa shape index (κ3) is 1.95. The van der Waals surface area contributed by atoms with Crippen molar-refractivity contribution in [3.63, 3.8) is 0 Å². The first-order valence-electron chi connectivity index (χ1n) is 3.91. The van der Waals surface area contributed by atoms with Gasteiger partial charge in [-0.05, 0) is 12.1 Å². The van der Waals surface area contributed by atoms with Gasteiger partial charge in [-0.2, -0.15) is 0 Å². The maximum Gasteiger partial charge on any atom is 0.449 e. The lowest BCUT2D eigenvalue weighted by atomic mass is 10.3. The first kappa shape index (κ1) is 11.4. The van der Waals surface area contributed by atoms with Crippen LogP contribution in [0.1, 0.15) is 0 Å². The van der Waals surface area contributed by atoms with Crippen LogP contribution >= 0.6 is 46.4 Å². The van der Waals surface area contributed by atoms with E-state index in [9.17, 15) is 0 Å². The lowest BCUT2D eigenvalue weighted by Gasteiger charge is -2.24. The fourth-order valence-corrected chi connectivity index (χ4v) is 1.53. The summed E-state index contributed by atoms with van der Waals surface area (Å²) in [6.07, 6.45) is 0. The Morgan fingerprint density at radius 1 is 1.13 bits per heavy atom. The van der Waals surface area contributed by atoms with E-state index in [2.05, 4.69) is 5.73 Å². The van der Waals surface area contributed by atoms with Crippen LogP contribution in [0, 0.1) is 0 Å². The van der Waals surface area contributed by atoms with E-state index in [1.165, 1.54) is 0 Å². The first-order valence-corrected chi connectivity index (χ1v) is 5.43. The highest BCUT2D eigenvalue weighted by Gasteiger charge is 2.59.